The number of benzene rings is 2. The molecule has 2 heterocycles. The van der Waals surface area contributed by atoms with Crippen LogP contribution < -0.4 is 0 Å². The quantitative estimate of drug-likeness (QED) is 0.502. The fourth-order valence-corrected chi connectivity index (χ4v) is 2.22. The molecule has 0 fully saturated rings. The van der Waals surface area contributed by atoms with Gasteiger partial charge in [-0.05, 0) is 12.1 Å². The van der Waals surface area contributed by atoms with Crippen LogP contribution >= 0.6 is 0 Å². The monoisotopic (exact) mass is 234 g/mol. The van der Waals surface area contributed by atoms with Gasteiger partial charge in [-0.2, -0.15) is 5.10 Å². The Hall–Kier alpha value is -2.55. The van der Waals surface area contributed by atoms with Crippen molar-refractivity contribution in [1.29, 1.82) is 0 Å². The highest BCUT2D eigenvalue weighted by Crippen LogP contribution is 2.24. The summed E-state index contributed by atoms with van der Waals surface area (Å²) in [5, 5.41) is 6.58. The number of fused-ring (bicyclic) bond motifs is 2. The summed E-state index contributed by atoms with van der Waals surface area (Å²) in [4.78, 5) is 0. The molecule has 18 heavy (non-hydrogen) atoms. The molecule has 0 unspecified atom stereocenters. The minimum absolute atomic E-state index is 0.748. The zero-order chi connectivity index (χ0) is 11.9. The Morgan fingerprint density at radius 2 is 1.67 bits per heavy atom. The van der Waals surface area contributed by atoms with Crippen molar-refractivity contribution in [2.24, 2.45) is 0 Å². The molecule has 0 saturated heterocycles. The highest BCUT2D eigenvalue weighted by atomic mass is 16.4. The van der Waals surface area contributed by atoms with Crippen molar-refractivity contribution in [2.45, 2.75) is 0 Å². The Bertz CT molecular complexity index is 809. The summed E-state index contributed by atoms with van der Waals surface area (Å²) in [6.07, 6.45) is 1.85. The summed E-state index contributed by atoms with van der Waals surface area (Å²) >= 11 is 0. The maximum Gasteiger partial charge on any atom is 0.221 e. The molecule has 0 aliphatic heterocycles. The van der Waals surface area contributed by atoms with Crippen LogP contribution in [-0.4, -0.2) is 9.78 Å². The molecule has 0 atom stereocenters. The first-order valence-electron chi connectivity index (χ1n) is 5.83. The van der Waals surface area contributed by atoms with Crippen molar-refractivity contribution < 1.29 is 4.42 Å². The van der Waals surface area contributed by atoms with Gasteiger partial charge in [0.25, 0.3) is 0 Å². The van der Waals surface area contributed by atoms with E-state index in [1.807, 2.05) is 65.5 Å². The minimum Gasteiger partial charge on any atom is -0.438 e. The Morgan fingerprint density at radius 1 is 0.889 bits per heavy atom. The largest absolute Gasteiger partial charge is 0.438 e. The molecule has 0 saturated carbocycles. The molecule has 0 aliphatic rings. The molecule has 3 nitrogen and oxygen atoms in total. The molecule has 2 aromatic heterocycles. The number of para-hydroxylation sites is 2. The molecule has 0 amide bonds. The van der Waals surface area contributed by atoms with Gasteiger partial charge in [0.2, 0.25) is 5.88 Å². The highest BCUT2D eigenvalue weighted by molar-refractivity contribution is 5.82. The van der Waals surface area contributed by atoms with Crippen molar-refractivity contribution in [2.75, 3.05) is 0 Å². The zero-order valence-corrected chi connectivity index (χ0v) is 9.58. The number of rotatable bonds is 1. The predicted octanol–water partition coefficient (Wildman–Crippen LogP) is 3.77. The van der Waals surface area contributed by atoms with Gasteiger partial charge in [-0.3, -0.25) is 0 Å². The van der Waals surface area contributed by atoms with Crippen LogP contribution in [0.25, 0.3) is 27.8 Å². The van der Waals surface area contributed by atoms with Gasteiger partial charge in [0, 0.05) is 16.8 Å². The second-order valence-corrected chi connectivity index (χ2v) is 4.24. The van der Waals surface area contributed by atoms with Crippen molar-refractivity contribution >= 4 is 21.9 Å². The maximum atomic E-state index is 5.82. The van der Waals surface area contributed by atoms with Gasteiger partial charge in [-0.15, -0.1) is 0 Å². The van der Waals surface area contributed by atoms with Crippen LogP contribution in [0.2, 0.25) is 0 Å². The number of hydrogen-bond acceptors (Lipinski definition) is 2. The van der Waals surface area contributed by atoms with Gasteiger partial charge in [0.05, 0.1) is 11.7 Å². The lowest BCUT2D eigenvalue weighted by atomic mass is 10.2. The van der Waals surface area contributed by atoms with E-state index in [9.17, 15) is 0 Å². The third kappa shape index (κ3) is 1.27. The maximum absolute atomic E-state index is 5.82. The Labute approximate surface area is 103 Å². The zero-order valence-electron chi connectivity index (χ0n) is 9.58. The normalized spacial score (nSPS) is 11.3. The molecular formula is C15H10N2O. The Morgan fingerprint density at radius 3 is 2.56 bits per heavy atom. The molecule has 0 bridgehead atoms. The first-order valence-corrected chi connectivity index (χ1v) is 5.83. The average molecular weight is 234 g/mol. The van der Waals surface area contributed by atoms with Crippen LogP contribution in [0.4, 0.5) is 0 Å². The van der Waals surface area contributed by atoms with Gasteiger partial charge < -0.3 is 4.42 Å². The van der Waals surface area contributed by atoms with Crippen LogP contribution in [0, 0.1) is 0 Å². The standard InChI is InChI=1S/C15H10N2O/c1-3-7-13-12(6-1)10-16-17(13)15-9-11-5-2-4-8-14(11)18-15/h1-10H. The first kappa shape index (κ1) is 9.48. The lowest BCUT2D eigenvalue weighted by Gasteiger charge is -1.97. The molecule has 0 radical (unpaired) electrons. The second-order valence-electron chi connectivity index (χ2n) is 4.24. The minimum atomic E-state index is 0.748. The lowest BCUT2D eigenvalue weighted by molar-refractivity contribution is 0.566. The van der Waals surface area contributed by atoms with Gasteiger partial charge in [0.1, 0.15) is 5.58 Å². The van der Waals surface area contributed by atoms with E-state index in [4.69, 9.17) is 4.42 Å². The average Bonchev–Trinajstić information content (AvgIpc) is 3.02. The lowest BCUT2D eigenvalue weighted by Crippen LogP contribution is -1.92. The van der Waals surface area contributed by atoms with E-state index in [2.05, 4.69) is 5.10 Å². The van der Waals surface area contributed by atoms with Crippen LogP contribution in [0.15, 0.2) is 65.2 Å². The first-order chi connectivity index (χ1) is 8.92. The predicted molar refractivity (Wildman–Crippen MR) is 70.8 cm³/mol. The smallest absolute Gasteiger partial charge is 0.221 e. The molecule has 0 spiro atoms. The van der Waals surface area contributed by atoms with E-state index < -0.39 is 0 Å². The number of hydrogen-bond donors (Lipinski definition) is 0. The summed E-state index contributed by atoms with van der Waals surface area (Å²) in [7, 11) is 0. The van der Waals surface area contributed by atoms with Crippen LogP contribution in [0.1, 0.15) is 0 Å². The second kappa shape index (κ2) is 3.47. The molecule has 0 N–H and O–H groups in total. The fraction of sp³-hybridized carbons (Fsp3) is 0. The van der Waals surface area contributed by atoms with E-state index in [-0.39, 0.29) is 0 Å². The van der Waals surface area contributed by atoms with Gasteiger partial charge in [-0.25, -0.2) is 4.68 Å². The Balaban J connectivity index is 2.01. The van der Waals surface area contributed by atoms with Crippen molar-refractivity contribution in [3.63, 3.8) is 0 Å². The molecule has 4 rings (SSSR count). The van der Waals surface area contributed by atoms with E-state index in [0.717, 1.165) is 27.8 Å². The van der Waals surface area contributed by atoms with E-state index >= 15 is 0 Å². The SMILES string of the molecule is c1ccc2oc(-n3ncc4ccccc43)cc2c1. The molecule has 0 aliphatic carbocycles. The Kier molecular flexibility index (Phi) is 1.83. The third-order valence-corrected chi connectivity index (χ3v) is 3.10. The summed E-state index contributed by atoms with van der Waals surface area (Å²) in [5.74, 6) is 0.748. The number of furan rings is 1. The summed E-state index contributed by atoms with van der Waals surface area (Å²) in [6.45, 7) is 0. The molecule has 4 aromatic rings. The topological polar surface area (TPSA) is 31.0 Å². The van der Waals surface area contributed by atoms with E-state index in [0.29, 0.717) is 0 Å². The van der Waals surface area contributed by atoms with Gasteiger partial charge in [0.15, 0.2) is 0 Å². The number of aromatic nitrogens is 2. The molecular weight excluding hydrogens is 224 g/mol. The van der Waals surface area contributed by atoms with Crippen LogP contribution in [0.5, 0.6) is 0 Å². The fourth-order valence-electron chi connectivity index (χ4n) is 2.22. The van der Waals surface area contributed by atoms with Crippen LogP contribution in [-0.2, 0) is 0 Å². The van der Waals surface area contributed by atoms with Crippen molar-refractivity contribution in [1.82, 2.24) is 9.78 Å². The molecule has 2 aromatic carbocycles. The highest BCUT2D eigenvalue weighted by Gasteiger charge is 2.08. The summed E-state index contributed by atoms with van der Waals surface area (Å²) < 4.78 is 7.65. The molecule has 3 heteroatoms. The number of nitrogens with zero attached hydrogens (tertiary/aromatic N) is 2. The summed E-state index contributed by atoms with van der Waals surface area (Å²) in [5.41, 5.74) is 1.93. The van der Waals surface area contributed by atoms with Gasteiger partial charge in [-0.1, -0.05) is 36.4 Å². The van der Waals surface area contributed by atoms with E-state index in [1.165, 1.54) is 0 Å². The van der Waals surface area contributed by atoms with Gasteiger partial charge >= 0.3 is 0 Å². The molecule has 86 valence electrons. The third-order valence-electron chi connectivity index (χ3n) is 3.10. The van der Waals surface area contributed by atoms with E-state index in [1.54, 1.807) is 0 Å². The van der Waals surface area contributed by atoms with Crippen LogP contribution in [0.3, 0.4) is 0 Å². The van der Waals surface area contributed by atoms with Crippen molar-refractivity contribution in [3.05, 3.63) is 60.8 Å². The van der Waals surface area contributed by atoms with Crippen molar-refractivity contribution in [3.8, 4) is 5.88 Å². The summed E-state index contributed by atoms with van der Waals surface area (Å²) in [6, 6.07) is 18.1.